The fraction of sp³-hybridized carbons (Fsp3) is 0.0889. The number of hydrogen-bond acceptors (Lipinski definition) is 9. The predicted molar refractivity (Wildman–Crippen MR) is 211 cm³/mol. The second-order valence-corrected chi connectivity index (χ2v) is 15.0. The topological polar surface area (TPSA) is 109 Å². The standard InChI is InChI=1S/C45H28N4O3S2/c46-24-34(43-48-36-14-6-8-16-40(36)53-43)28-18-20-32-38(22-28)52-39-23-29(35(25-47)44-49-37-15-7-9-17-41(37)54-44)19-21-33(39)42(32)30-12-4-5-13-31(30)45(50)51-26-27-10-2-1-3-11-27/h1-22,35,39H,23,26H2. The molecule has 0 bridgehead atoms. The zero-order chi connectivity index (χ0) is 36.6. The molecule has 5 aromatic carbocycles. The largest absolute Gasteiger partial charge is 0.485 e. The van der Waals surface area contributed by atoms with Gasteiger partial charge in [0.25, 0.3) is 0 Å². The van der Waals surface area contributed by atoms with Crippen LogP contribution in [0.3, 0.4) is 0 Å². The summed E-state index contributed by atoms with van der Waals surface area (Å²) in [6.45, 7) is 0.143. The van der Waals surface area contributed by atoms with Crippen molar-refractivity contribution in [3.8, 4) is 17.9 Å². The quantitative estimate of drug-likeness (QED) is 0.151. The molecule has 1 aliphatic heterocycles. The average Bonchev–Trinajstić information content (AvgIpc) is 3.84. The number of nitriles is 2. The SMILES string of the molecule is N#CC(c1nc2ccccc2s1)=c1ccc2c(c1)OC1CC(C(C#N)c3nc4ccccc4s3)=CC=C1C=2c1ccccc1C(=O)OCc1ccccc1. The molecule has 9 heteroatoms. The molecule has 0 saturated carbocycles. The van der Waals surface area contributed by atoms with Crippen molar-refractivity contribution in [1.29, 1.82) is 10.5 Å². The molecule has 0 radical (unpaired) electrons. The fourth-order valence-corrected chi connectivity index (χ4v) is 9.10. The number of carbonyl (C=O) groups is 1. The molecule has 0 amide bonds. The van der Waals surface area contributed by atoms with Crippen LogP contribution < -0.4 is 15.2 Å². The van der Waals surface area contributed by atoms with Crippen LogP contribution >= 0.6 is 22.7 Å². The van der Waals surface area contributed by atoms with Gasteiger partial charge in [0, 0.05) is 22.8 Å². The van der Waals surface area contributed by atoms with Gasteiger partial charge in [-0.2, -0.15) is 10.5 Å². The highest BCUT2D eigenvalue weighted by molar-refractivity contribution is 7.19. The second kappa shape index (κ2) is 14.1. The Morgan fingerprint density at radius 2 is 1.56 bits per heavy atom. The summed E-state index contributed by atoms with van der Waals surface area (Å²) in [5.41, 5.74) is 6.79. The third-order valence-electron chi connectivity index (χ3n) is 9.65. The van der Waals surface area contributed by atoms with Crippen molar-refractivity contribution in [2.75, 3.05) is 0 Å². The molecule has 3 heterocycles. The summed E-state index contributed by atoms with van der Waals surface area (Å²) < 4.78 is 14.7. The van der Waals surface area contributed by atoms with E-state index >= 15 is 0 Å². The molecule has 0 fully saturated rings. The number of thiazole rings is 2. The number of aromatic nitrogens is 2. The van der Waals surface area contributed by atoms with Crippen molar-refractivity contribution in [2.45, 2.75) is 25.0 Å². The van der Waals surface area contributed by atoms with Gasteiger partial charge in [-0.1, -0.05) is 91.0 Å². The molecule has 9 rings (SSSR count). The summed E-state index contributed by atoms with van der Waals surface area (Å²) in [4.78, 5) is 23.4. The van der Waals surface area contributed by atoms with Gasteiger partial charge < -0.3 is 9.47 Å². The number of benzene rings is 5. The van der Waals surface area contributed by atoms with Crippen LogP contribution in [-0.2, 0) is 11.3 Å². The van der Waals surface area contributed by atoms with Gasteiger partial charge >= 0.3 is 5.97 Å². The molecule has 2 unspecified atom stereocenters. The third-order valence-corrected chi connectivity index (χ3v) is 11.8. The number of ether oxygens (including phenoxy) is 2. The van der Waals surface area contributed by atoms with E-state index in [4.69, 9.17) is 19.4 Å². The summed E-state index contributed by atoms with van der Waals surface area (Å²) >= 11 is 2.99. The van der Waals surface area contributed by atoms with Gasteiger partial charge in [0.05, 0.1) is 37.6 Å². The number of hydrogen-bond donors (Lipinski definition) is 0. The van der Waals surface area contributed by atoms with Gasteiger partial charge in [-0.05, 0) is 64.4 Å². The first-order valence-electron chi connectivity index (χ1n) is 17.4. The van der Waals surface area contributed by atoms with E-state index in [0.717, 1.165) is 52.9 Å². The third kappa shape index (κ3) is 6.06. The molecule has 2 atom stereocenters. The van der Waals surface area contributed by atoms with Crippen molar-refractivity contribution in [2.24, 2.45) is 0 Å². The maximum atomic E-state index is 13.8. The predicted octanol–water partition coefficient (Wildman–Crippen LogP) is 8.51. The maximum absolute atomic E-state index is 13.8. The smallest absolute Gasteiger partial charge is 0.339 e. The summed E-state index contributed by atoms with van der Waals surface area (Å²) in [7, 11) is 0. The van der Waals surface area contributed by atoms with Crippen molar-refractivity contribution >= 4 is 60.2 Å². The molecule has 0 N–H and O–H groups in total. The lowest BCUT2D eigenvalue weighted by Gasteiger charge is -2.33. The van der Waals surface area contributed by atoms with Gasteiger partial charge in [0.15, 0.2) is 0 Å². The van der Waals surface area contributed by atoms with E-state index in [1.165, 1.54) is 22.7 Å². The Morgan fingerprint density at radius 1 is 0.833 bits per heavy atom. The molecular formula is C45H28N4O3S2. The van der Waals surface area contributed by atoms with E-state index in [1.807, 2.05) is 127 Å². The maximum Gasteiger partial charge on any atom is 0.339 e. The number of carbonyl (C=O) groups excluding carboxylic acids is 1. The van der Waals surface area contributed by atoms with Crippen LogP contribution in [0.4, 0.5) is 0 Å². The average molecular weight is 737 g/mol. The van der Waals surface area contributed by atoms with E-state index in [-0.39, 0.29) is 6.61 Å². The lowest BCUT2D eigenvalue weighted by molar-refractivity contribution is 0.0472. The van der Waals surface area contributed by atoms with Crippen LogP contribution in [0.25, 0.3) is 31.6 Å². The molecule has 258 valence electrons. The first kappa shape index (κ1) is 33.2. The summed E-state index contributed by atoms with van der Waals surface area (Å²) in [5.74, 6) is -0.425. The minimum Gasteiger partial charge on any atom is -0.485 e. The molecule has 54 heavy (non-hydrogen) atoms. The van der Waals surface area contributed by atoms with Crippen molar-refractivity contribution < 1.29 is 14.3 Å². The highest BCUT2D eigenvalue weighted by atomic mass is 32.1. The normalized spacial score (nSPS) is 15.8. The summed E-state index contributed by atoms with van der Waals surface area (Å²) in [6, 6.07) is 43.4. The first-order valence-corrected chi connectivity index (χ1v) is 19.0. The molecule has 2 aromatic heterocycles. The number of fused-ring (bicyclic) bond motifs is 4. The van der Waals surface area contributed by atoms with Crippen LogP contribution in [0, 0.1) is 22.7 Å². The second-order valence-electron chi connectivity index (χ2n) is 12.9. The minimum absolute atomic E-state index is 0.143. The summed E-state index contributed by atoms with van der Waals surface area (Å²) in [5, 5.41) is 23.7. The molecule has 1 aliphatic carbocycles. The molecule has 0 saturated heterocycles. The van der Waals surface area contributed by atoms with Crippen molar-refractivity contribution in [3.05, 3.63) is 182 Å². The Balaban J connectivity index is 1.19. The first-order chi connectivity index (χ1) is 26.6. The van der Waals surface area contributed by atoms with Gasteiger partial charge in [0.2, 0.25) is 0 Å². The van der Waals surface area contributed by atoms with Crippen molar-refractivity contribution in [1.82, 2.24) is 9.97 Å². The number of nitrogens with zero attached hydrogens (tertiary/aromatic N) is 4. The van der Waals surface area contributed by atoms with Gasteiger partial charge in [-0.25, -0.2) is 14.8 Å². The Kier molecular flexibility index (Phi) is 8.64. The van der Waals surface area contributed by atoms with E-state index < -0.39 is 18.0 Å². The Labute approximate surface area is 318 Å². The van der Waals surface area contributed by atoms with Crippen LogP contribution in [0.1, 0.15) is 43.8 Å². The zero-order valence-electron chi connectivity index (χ0n) is 28.6. The van der Waals surface area contributed by atoms with Gasteiger partial charge in [-0.15, -0.1) is 22.7 Å². The highest BCUT2D eigenvalue weighted by Gasteiger charge is 2.34. The molecule has 7 aromatic rings. The Bertz CT molecular complexity index is 2840. The summed E-state index contributed by atoms with van der Waals surface area (Å²) in [6.07, 6.45) is 3.96. The molecule has 7 nitrogen and oxygen atoms in total. The van der Waals surface area contributed by atoms with Crippen LogP contribution in [-0.4, -0.2) is 22.0 Å². The van der Waals surface area contributed by atoms with Crippen molar-refractivity contribution in [3.63, 3.8) is 0 Å². The molecular weight excluding hydrogens is 709 g/mol. The van der Waals surface area contributed by atoms with Crippen LogP contribution in [0.5, 0.6) is 5.75 Å². The highest BCUT2D eigenvalue weighted by Crippen LogP contribution is 2.41. The fourth-order valence-electron chi connectivity index (χ4n) is 7.06. The van der Waals surface area contributed by atoms with Crippen LogP contribution in [0.2, 0.25) is 0 Å². The van der Waals surface area contributed by atoms with E-state index in [2.05, 4.69) is 12.1 Å². The molecule has 0 spiro atoms. The zero-order valence-corrected chi connectivity index (χ0v) is 30.2. The van der Waals surface area contributed by atoms with E-state index in [1.54, 1.807) is 6.07 Å². The number of allylic oxidation sites excluding steroid dienone is 2. The Morgan fingerprint density at radius 3 is 2.31 bits per heavy atom. The lowest BCUT2D eigenvalue weighted by atomic mass is 9.80. The number of para-hydroxylation sites is 2. The van der Waals surface area contributed by atoms with E-state index in [9.17, 15) is 15.3 Å². The number of esters is 1. The minimum atomic E-state index is -0.558. The van der Waals surface area contributed by atoms with Gasteiger partial charge in [0.1, 0.15) is 40.5 Å². The monoisotopic (exact) mass is 736 g/mol. The number of rotatable bonds is 7. The van der Waals surface area contributed by atoms with Gasteiger partial charge in [-0.3, -0.25) is 0 Å². The Hall–Kier alpha value is -6.65. The molecule has 2 aliphatic rings. The van der Waals surface area contributed by atoms with E-state index in [0.29, 0.717) is 39.1 Å². The van der Waals surface area contributed by atoms with Crippen LogP contribution in [0.15, 0.2) is 145 Å². The lowest BCUT2D eigenvalue weighted by Crippen LogP contribution is -2.34.